The number of nitrogens with zero attached hydrogens (tertiary/aromatic N) is 2. The Labute approximate surface area is 80.2 Å². The summed E-state index contributed by atoms with van der Waals surface area (Å²) in [6.45, 7) is 1.47. The topological polar surface area (TPSA) is 50.3 Å². The Hall–Kier alpha value is -0.690. The zero-order valence-corrected chi connectivity index (χ0v) is 9.04. The molecule has 4 nitrogen and oxygen atoms in total. The number of halogens is 1. The Bertz CT molecular complexity index is 410. The maximum atomic E-state index is 12.6. The van der Waals surface area contributed by atoms with E-state index in [1.54, 1.807) is 19.0 Å². The highest BCUT2D eigenvalue weighted by atomic mass is 32.3. The van der Waals surface area contributed by atoms with E-state index in [-0.39, 0.29) is 9.90 Å². The molecular formula is C6H9FN2O2S2. The molecule has 74 valence electrons. The maximum absolute atomic E-state index is 12.6. The van der Waals surface area contributed by atoms with E-state index in [1.807, 2.05) is 0 Å². The summed E-state index contributed by atoms with van der Waals surface area (Å²) in [5.74, 6) is 0. The van der Waals surface area contributed by atoms with Crippen LogP contribution in [0.4, 0.5) is 9.02 Å². The average Bonchev–Trinajstić information content (AvgIpc) is 2.29. The van der Waals surface area contributed by atoms with E-state index in [2.05, 4.69) is 4.98 Å². The molecule has 0 N–H and O–H groups in total. The van der Waals surface area contributed by atoms with Gasteiger partial charge in [0.25, 0.3) is 0 Å². The zero-order valence-electron chi connectivity index (χ0n) is 7.41. The monoisotopic (exact) mass is 224 g/mol. The molecule has 1 aromatic rings. The Kier molecular flexibility index (Phi) is 2.58. The molecule has 0 fully saturated rings. The molecule has 0 saturated carbocycles. The first-order valence-corrected chi connectivity index (χ1v) is 5.62. The minimum atomic E-state index is -4.62. The molecule has 0 atom stereocenters. The molecule has 0 saturated heterocycles. The van der Waals surface area contributed by atoms with Crippen molar-refractivity contribution in [2.75, 3.05) is 19.0 Å². The van der Waals surface area contributed by atoms with Crippen LogP contribution in [0.2, 0.25) is 0 Å². The van der Waals surface area contributed by atoms with Gasteiger partial charge in [0, 0.05) is 14.1 Å². The van der Waals surface area contributed by atoms with Crippen molar-refractivity contribution < 1.29 is 12.3 Å². The summed E-state index contributed by atoms with van der Waals surface area (Å²) < 4.78 is 33.4. The van der Waals surface area contributed by atoms with Crippen molar-refractivity contribution in [3.63, 3.8) is 0 Å². The van der Waals surface area contributed by atoms with Crippen LogP contribution in [0.1, 0.15) is 5.69 Å². The highest BCUT2D eigenvalue weighted by molar-refractivity contribution is 7.88. The van der Waals surface area contributed by atoms with E-state index in [0.29, 0.717) is 5.13 Å². The maximum Gasteiger partial charge on any atom is 0.343 e. The van der Waals surface area contributed by atoms with Gasteiger partial charge in [-0.1, -0.05) is 15.2 Å². The largest absolute Gasteiger partial charge is 0.354 e. The summed E-state index contributed by atoms with van der Waals surface area (Å²) >= 11 is 0.826. The molecule has 1 heterocycles. The van der Waals surface area contributed by atoms with Crippen LogP contribution in [0.3, 0.4) is 0 Å². The fraction of sp³-hybridized carbons (Fsp3) is 0.500. The van der Waals surface area contributed by atoms with Crippen molar-refractivity contribution in [3.05, 3.63) is 5.69 Å². The third kappa shape index (κ3) is 2.16. The van der Waals surface area contributed by atoms with Crippen LogP contribution < -0.4 is 4.90 Å². The minimum absolute atomic E-state index is 0.205. The lowest BCUT2D eigenvalue weighted by Gasteiger charge is -2.04. The zero-order chi connectivity index (χ0) is 10.2. The van der Waals surface area contributed by atoms with Crippen LogP contribution >= 0.6 is 11.3 Å². The van der Waals surface area contributed by atoms with Crippen molar-refractivity contribution >= 4 is 26.7 Å². The Morgan fingerprint density at radius 3 is 2.23 bits per heavy atom. The Morgan fingerprint density at radius 1 is 1.46 bits per heavy atom. The number of aryl methyl sites for hydroxylation is 1. The van der Waals surface area contributed by atoms with Gasteiger partial charge in [-0.3, -0.25) is 0 Å². The third-order valence-electron chi connectivity index (χ3n) is 1.35. The van der Waals surface area contributed by atoms with Gasteiger partial charge in [0.1, 0.15) is 0 Å². The fourth-order valence-corrected chi connectivity index (χ4v) is 2.53. The summed E-state index contributed by atoms with van der Waals surface area (Å²) in [7, 11) is -1.19. The highest BCUT2D eigenvalue weighted by Gasteiger charge is 2.21. The molecule has 0 amide bonds. The normalized spacial score (nSPS) is 11.7. The van der Waals surface area contributed by atoms with Crippen LogP contribution in [0, 0.1) is 6.92 Å². The number of aromatic nitrogens is 1. The average molecular weight is 224 g/mol. The molecule has 0 aliphatic carbocycles. The van der Waals surface area contributed by atoms with Gasteiger partial charge in [-0.25, -0.2) is 4.98 Å². The quantitative estimate of drug-likeness (QED) is 0.708. The van der Waals surface area contributed by atoms with Crippen molar-refractivity contribution in [3.8, 4) is 0 Å². The fourth-order valence-electron chi connectivity index (χ4n) is 0.786. The number of anilines is 1. The Balaban J connectivity index is 3.27. The van der Waals surface area contributed by atoms with Gasteiger partial charge in [-0.15, -0.1) is 0 Å². The lowest BCUT2D eigenvalue weighted by Crippen LogP contribution is -2.07. The van der Waals surface area contributed by atoms with Gasteiger partial charge in [-0.05, 0) is 6.92 Å². The van der Waals surface area contributed by atoms with Crippen LogP contribution in [0.5, 0.6) is 0 Å². The summed E-state index contributed by atoms with van der Waals surface area (Å²) in [4.78, 5) is 5.53. The van der Waals surface area contributed by atoms with E-state index in [4.69, 9.17) is 0 Å². The first-order chi connectivity index (χ1) is 5.82. The highest BCUT2D eigenvalue weighted by Crippen LogP contribution is 2.29. The van der Waals surface area contributed by atoms with Crippen molar-refractivity contribution in [2.45, 2.75) is 11.1 Å². The number of hydrogen-bond donors (Lipinski definition) is 0. The smallest absolute Gasteiger partial charge is 0.343 e. The van der Waals surface area contributed by atoms with Gasteiger partial charge in [0.05, 0.1) is 5.69 Å². The lowest BCUT2D eigenvalue weighted by atomic mass is 10.6. The van der Waals surface area contributed by atoms with E-state index in [1.165, 1.54) is 6.92 Å². The molecule has 0 bridgehead atoms. The third-order valence-corrected chi connectivity index (χ3v) is 4.05. The molecule has 1 rings (SSSR count). The van der Waals surface area contributed by atoms with E-state index in [9.17, 15) is 12.3 Å². The first kappa shape index (κ1) is 10.4. The van der Waals surface area contributed by atoms with Crippen molar-refractivity contribution in [2.24, 2.45) is 0 Å². The number of hydrogen-bond acceptors (Lipinski definition) is 5. The van der Waals surface area contributed by atoms with Crippen LogP contribution in [-0.4, -0.2) is 27.5 Å². The Morgan fingerprint density at radius 2 is 2.00 bits per heavy atom. The van der Waals surface area contributed by atoms with Crippen LogP contribution in [-0.2, 0) is 10.2 Å². The molecule has 7 heteroatoms. The SMILES string of the molecule is Cc1nc(N(C)C)sc1S(=O)(=O)F. The van der Waals surface area contributed by atoms with E-state index < -0.39 is 10.2 Å². The molecule has 0 unspecified atom stereocenters. The van der Waals surface area contributed by atoms with E-state index >= 15 is 0 Å². The number of rotatable bonds is 2. The molecule has 0 aromatic carbocycles. The summed E-state index contributed by atoms with van der Waals surface area (Å²) in [5, 5.41) is 0.480. The van der Waals surface area contributed by atoms with Crippen LogP contribution in [0.15, 0.2) is 4.21 Å². The predicted molar refractivity (Wildman–Crippen MR) is 49.5 cm³/mol. The summed E-state index contributed by atoms with van der Waals surface area (Å²) in [5.41, 5.74) is 0.205. The second kappa shape index (κ2) is 3.22. The van der Waals surface area contributed by atoms with Crippen LogP contribution in [0.25, 0.3) is 0 Å². The molecule has 0 spiro atoms. The van der Waals surface area contributed by atoms with Crippen molar-refractivity contribution in [1.82, 2.24) is 4.98 Å². The minimum Gasteiger partial charge on any atom is -0.354 e. The lowest BCUT2D eigenvalue weighted by molar-refractivity contribution is 0.553. The second-order valence-corrected chi connectivity index (χ2v) is 5.22. The van der Waals surface area contributed by atoms with Gasteiger partial charge in [0.2, 0.25) is 0 Å². The van der Waals surface area contributed by atoms with Gasteiger partial charge < -0.3 is 4.90 Å². The second-order valence-electron chi connectivity index (χ2n) is 2.70. The van der Waals surface area contributed by atoms with Gasteiger partial charge in [-0.2, -0.15) is 8.42 Å². The first-order valence-electron chi connectivity index (χ1n) is 3.42. The summed E-state index contributed by atoms with van der Waals surface area (Å²) in [6.07, 6.45) is 0. The van der Waals surface area contributed by atoms with E-state index in [0.717, 1.165) is 11.3 Å². The molecule has 1 aromatic heterocycles. The van der Waals surface area contributed by atoms with Gasteiger partial charge >= 0.3 is 10.2 Å². The molecule has 0 aliphatic heterocycles. The standard InChI is InChI=1S/C6H9FN2O2S2/c1-4-5(13(7,10)11)12-6(8-4)9(2)3/h1-3H3. The molecular weight excluding hydrogens is 215 g/mol. The molecule has 0 radical (unpaired) electrons. The predicted octanol–water partition coefficient (Wildman–Crippen LogP) is 1.18. The summed E-state index contributed by atoms with van der Waals surface area (Å²) in [6, 6.07) is 0. The molecule has 0 aliphatic rings. The molecule has 13 heavy (non-hydrogen) atoms. The van der Waals surface area contributed by atoms with Gasteiger partial charge in [0.15, 0.2) is 9.34 Å². The number of thiazole rings is 1. The van der Waals surface area contributed by atoms with Crippen molar-refractivity contribution in [1.29, 1.82) is 0 Å².